The molecule has 0 unspecified atom stereocenters. The Balaban J connectivity index is 2.03. The smallest absolute Gasteiger partial charge is 0.191 e. The minimum absolute atomic E-state index is 0.0459. The van der Waals surface area contributed by atoms with Gasteiger partial charge in [-0.15, -0.1) is 10.2 Å². The summed E-state index contributed by atoms with van der Waals surface area (Å²) in [5.41, 5.74) is 0.644. The van der Waals surface area contributed by atoms with Gasteiger partial charge in [-0.1, -0.05) is 23.9 Å². The Bertz CT molecular complexity index is 595. The molecule has 6 heteroatoms. The summed E-state index contributed by atoms with van der Waals surface area (Å²) in [6, 6.07) is 7.15. The number of methoxy groups -OCH3 is 1. The Kier molecular flexibility index (Phi) is 4.21. The summed E-state index contributed by atoms with van der Waals surface area (Å²) in [7, 11) is 3.47. The molecule has 19 heavy (non-hydrogen) atoms. The van der Waals surface area contributed by atoms with E-state index in [1.54, 1.807) is 19.2 Å². The van der Waals surface area contributed by atoms with Crippen molar-refractivity contribution in [1.29, 1.82) is 0 Å². The number of hydrogen-bond acceptors (Lipinski definition) is 5. The maximum atomic E-state index is 12.1. The molecule has 0 aliphatic heterocycles. The fraction of sp³-hybridized carbons (Fsp3) is 0.308. The van der Waals surface area contributed by atoms with Gasteiger partial charge in [0.2, 0.25) is 0 Å². The highest BCUT2D eigenvalue weighted by Crippen LogP contribution is 2.19. The molecule has 0 amide bonds. The summed E-state index contributed by atoms with van der Waals surface area (Å²) in [4.78, 5) is 12.1. The number of rotatable bonds is 5. The number of hydrogen-bond donors (Lipinski definition) is 0. The lowest BCUT2D eigenvalue weighted by Crippen LogP contribution is -2.04. The maximum Gasteiger partial charge on any atom is 0.191 e. The highest BCUT2D eigenvalue weighted by molar-refractivity contribution is 7.99. The first kappa shape index (κ1) is 13.6. The Hall–Kier alpha value is -1.82. The first-order valence-corrected chi connectivity index (χ1v) is 6.76. The van der Waals surface area contributed by atoms with E-state index in [9.17, 15) is 4.79 Å². The van der Waals surface area contributed by atoms with Gasteiger partial charge in [0.1, 0.15) is 11.6 Å². The van der Waals surface area contributed by atoms with Gasteiger partial charge in [0.05, 0.1) is 12.9 Å². The van der Waals surface area contributed by atoms with E-state index in [-0.39, 0.29) is 5.78 Å². The van der Waals surface area contributed by atoms with E-state index in [2.05, 4.69) is 10.2 Å². The van der Waals surface area contributed by atoms with E-state index in [1.807, 2.05) is 30.7 Å². The number of carbonyl (C=O) groups is 1. The normalized spacial score (nSPS) is 10.5. The molecule has 0 aliphatic rings. The molecule has 0 bridgehead atoms. The van der Waals surface area contributed by atoms with E-state index in [0.717, 1.165) is 11.0 Å². The molecule has 0 saturated carbocycles. The molecule has 0 atom stereocenters. The van der Waals surface area contributed by atoms with Crippen molar-refractivity contribution in [1.82, 2.24) is 14.8 Å². The number of aryl methyl sites for hydroxylation is 1. The molecule has 100 valence electrons. The van der Waals surface area contributed by atoms with Crippen LogP contribution in [0.15, 0.2) is 29.4 Å². The second-order valence-electron chi connectivity index (χ2n) is 4.03. The van der Waals surface area contributed by atoms with Crippen LogP contribution in [0.2, 0.25) is 0 Å². The molecule has 5 nitrogen and oxygen atoms in total. The fourth-order valence-electron chi connectivity index (χ4n) is 1.52. The minimum atomic E-state index is 0.0459. The van der Waals surface area contributed by atoms with E-state index in [4.69, 9.17) is 4.74 Å². The van der Waals surface area contributed by atoms with Gasteiger partial charge in [-0.2, -0.15) is 0 Å². The van der Waals surface area contributed by atoms with Crippen LogP contribution < -0.4 is 4.74 Å². The van der Waals surface area contributed by atoms with Crippen LogP contribution in [0.1, 0.15) is 16.2 Å². The molecule has 0 spiro atoms. The van der Waals surface area contributed by atoms with Crippen molar-refractivity contribution < 1.29 is 9.53 Å². The number of nitrogens with zero attached hydrogens (tertiary/aromatic N) is 3. The molecule has 2 rings (SSSR count). The van der Waals surface area contributed by atoms with Crippen LogP contribution in [0, 0.1) is 6.92 Å². The topological polar surface area (TPSA) is 57.0 Å². The van der Waals surface area contributed by atoms with E-state index in [0.29, 0.717) is 17.1 Å². The Morgan fingerprint density at radius 1 is 1.42 bits per heavy atom. The van der Waals surface area contributed by atoms with Crippen LogP contribution in [0.25, 0.3) is 0 Å². The molecule has 2 aromatic rings. The van der Waals surface area contributed by atoms with Crippen molar-refractivity contribution >= 4 is 17.5 Å². The summed E-state index contributed by atoms with van der Waals surface area (Å²) >= 11 is 1.38. The summed E-state index contributed by atoms with van der Waals surface area (Å²) < 4.78 is 6.97. The molecule has 0 N–H and O–H groups in total. The van der Waals surface area contributed by atoms with Gasteiger partial charge in [0.25, 0.3) is 0 Å². The largest absolute Gasteiger partial charge is 0.497 e. The third kappa shape index (κ3) is 3.14. The maximum absolute atomic E-state index is 12.1. The van der Waals surface area contributed by atoms with Gasteiger partial charge < -0.3 is 9.30 Å². The third-order valence-corrected chi connectivity index (χ3v) is 3.80. The molecule has 0 saturated heterocycles. The zero-order valence-electron chi connectivity index (χ0n) is 11.1. The van der Waals surface area contributed by atoms with Crippen molar-refractivity contribution in [2.75, 3.05) is 12.9 Å². The second kappa shape index (κ2) is 5.88. The highest BCUT2D eigenvalue weighted by atomic mass is 32.2. The monoisotopic (exact) mass is 277 g/mol. The molecule has 0 radical (unpaired) electrons. The van der Waals surface area contributed by atoms with Gasteiger partial charge >= 0.3 is 0 Å². The predicted octanol–water partition coefficient (Wildman–Crippen LogP) is 2.11. The van der Waals surface area contributed by atoms with Crippen molar-refractivity contribution in [3.63, 3.8) is 0 Å². The number of benzene rings is 1. The fourth-order valence-corrected chi connectivity index (χ4v) is 2.37. The van der Waals surface area contributed by atoms with Gasteiger partial charge in [0.15, 0.2) is 10.9 Å². The van der Waals surface area contributed by atoms with Crippen LogP contribution >= 0.6 is 11.8 Å². The number of thioether (sulfide) groups is 1. The van der Waals surface area contributed by atoms with E-state index < -0.39 is 0 Å². The Labute approximate surface area is 116 Å². The summed E-state index contributed by atoms with van der Waals surface area (Å²) in [5.74, 6) is 1.89. The van der Waals surface area contributed by atoms with Crippen LogP contribution in [-0.4, -0.2) is 33.4 Å². The van der Waals surface area contributed by atoms with Gasteiger partial charge in [-0.3, -0.25) is 4.79 Å². The number of ether oxygens (including phenoxy) is 1. The summed E-state index contributed by atoms with van der Waals surface area (Å²) in [6.45, 7) is 1.88. The first-order chi connectivity index (χ1) is 9.11. The molecular formula is C13H15N3O2S. The van der Waals surface area contributed by atoms with Crippen molar-refractivity contribution in [3.8, 4) is 5.75 Å². The zero-order valence-corrected chi connectivity index (χ0v) is 11.9. The van der Waals surface area contributed by atoms with Gasteiger partial charge in [-0.05, 0) is 19.1 Å². The number of ketones is 1. The van der Waals surface area contributed by atoms with Crippen LogP contribution in [0.3, 0.4) is 0 Å². The standard InChI is InChI=1S/C13H15N3O2S/c1-9-14-15-13(16(9)2)19-8-12(17)10-5-4-6-11(7-10)18-3/h4-7H,8H2,1-3H3. The van der Waals surface area contributed by atoms with E-state index in [1.165, 1.54) is 11.8 Å². The third-order valence-electron chi connectivity index (χ3n) is 2.78. The molecule has 1 aromatic heterocycles. The van der Waals surface area contributed by atoms with Crippen molar-refractivity contribution in [2.24, 2.45) is 7.05 Å². The van der Waals surface area contributed by atoms with Crippen LogP contribution in [-0.2, 0) is 7.05 Å². The Morgan fingerprint density at radius 3 is 2.84 bits per heavy atom. The zero-order chi connectivity index (χ0) is 13.8. The first-order valence-electron chi connectivity index (χ1n) is 5.78. The number of carbonyl (C=O) groups excluding carboxylic acids is 1. The predicted molar refractivity (Wildman–Crippen MR) is 73.8 cm³/mol. The summed E-state index contributed by atoms with van der Waals surface area (Å²) in [6.07, 6.45) is 0. The lowest BCUT2D eigenvalue weighted by atomic mass is 10.1. The van der Waals surface area contributed by atoms with Crippen molar-refractivity contribution in [2.45, 2.75) is 12.1 Å². The SMILES string of the molecule is COc1cccc(C(=O)CSc2nnc(C)n2C)c1. The van der Waals surface area contributed by atoms with Crippen LogP contribution in [0.4, 0.5) is 0 Å². The molecule has 1 aromatic carbocycles. The second-order valence-corrected chi connectivity index (χ2v) is 4.98. The molecular weight excluding hydrogens is 262 g/mol. The minimum Gasteiger partial charge on any atom is -0.497 e. The summed E-state index contributed by atoms with van der Waals surface area (Å²) in [5, 5.41) is 8.71. The highest BCUT2D eigenvalue weighted by Gasteiger charge is 2.11. The molecule has 0 fully saturated rings. The quantitative estimate of drug-likeness (QED) is 0.619. The lowest BCUT2D eigenvalue weighted by molar-refractivity contribution is 0.102. The molecule has 0 aliphatic carbocycles. The van der Waals surface area contributed by atoms with Crippen molar-refractivity contribution in [3.05, 3.63) is 35.7 Å². The van der Waals surface area contributed by atoms with E-state index >= 15 is 0 Å². The number of aromatic nitrogens is 3. The Morgan fingerprint density at radius 2 is 2.21 bits per heavy atom. The molecule has 1 heterocycles. The van der Waals surface area contributed by atoms with Gasteiger partial charge in [-0.25, -0.2) is 0 Å². The average molecular weight is 277 g/mol. The average Bonchev–Trinajstić information content (AvgIpc) is 2.76. The van der Waals surface area contributed by atoms with Gasteiger partial charge in [0, 0.05) is 12.6 Å². The van der Waals surface area contributed by atoms with Crippen LogP contribution in [0.5, 0.6) is 5.75 Å². The lowest BCUT2D eigenvalue weighted by Gasteiger charge is -2.04. The number of Topliss-reactive ketones (excluding diaryl/α,β-unsaturated/α-hetero) is 1.